The molecule has 1 heterocycles. The lowest BCUT2D eigenvalue weighted by Crippen LogP contribution is -2.13. The third-order valence-corrected chi connectivity index (χ3v) is 5.90. The number of hydrogen-bond donors (Lipinski definition) is 1. The molecule has 2 aromatic rings. The number of rotatable bonds is 3. The molecule has 1 atom stereocenters. The van der Waals surface area contributed by atoms with Crippen LogP contribution in [0.3, 0.4) is 0 Å². The van der Waals surface area contributed by atoms with Gasteiger partial charge in [-0.1, -0.05) is 6.07 Å². The van der Waals surface area contributed by atoms with E-state index in [9.17, 15) is 8.78 Å². The fourth-order valence-corrected chi connectivity index (χ4v) is 3.68. The van der Waals surface area contributed by atoms with Crippen LogP contribution in [0.15, 0.2) is 32.5 Å². The van der Waals surface area contributed by atoms with Crippen LogP contribution in [-0.4, -0.2) is 0 Å². The van der Waals surface area contributed by atoms with Gasteiger partial charge in [-0.3, -0.25) is 0 Å². The van der Waals surface area contributed by atoms with E-state index in [1.807, 2.05) is 6.07 Å². The molecule has 0 saturated carbocycles. The first-order valence-corrected chi connectivity index (χ1v) is 7.52. The molecule has 1 nitrogen and oxygen atoms in total. The van der Waals surface area contributed by atoms with Crippen LogP contribution in [0.2, 0.25) is 0 Å². The Morgan fingerprint density at radius 2 is 1.83 bits per heavy atom. The fourth-order valence-electron chi connectivity index (χ4n) is 1.59. The maximum absolute atomic E-state index is 13.5. The van der Waals surface area contributed by atoms with Gasteiger partial charge in [0.15, 0.2) is 0 Å². The molecule has 2 N–H and O–H groups in total. The molecule has 0 aliphatic rings. The maximum Gasteiger partial charge on any atom is 0.129 e. The van der Waals surface area contributed by atoms with Crippen LogP contribution < -0.4 is 5.73 Å². The van der Waals surface area contributed by atoms with Crippen LogP contribution in [0.4, 0.5) is 8.78 Å². The molecule has 0 amide bonds. The quantitative estimate of drug-likeness (QED) is 0.792. The predicted octanol–water partition coefficient (Wildman–Crippen LogP) is 4.79. The van der Waals surface area contributed by atoms with Crippen LogP contribution in [0.25, 0.3) is 0 Å². The second kappa shape index (κ2) is 5.77. The number of benzene rings is 1. The van der Waals surface area contributed by atoms with E-state index in [0.717, 1.165) is 13.1 Å². The van der Waals surface area contributed by atoms with Crippen molar-refractivity contribution in [2.75, 3.05) is 0 Å². The Labute approximate surface area is 124 Å². The zero-order valence-electron chi connectivity index (χ0n) is 9.09. The van der Waals surface area contributed by atoms with Crippen molar-refractivity contribution >= 4 is 43.2 Å². The van der Waals surface area contributed by atoms with Gasteiger partial charge in [0.2, 0.25) is 0 Å². The molecule has 1 aromatic heterocycles. The molecule has 2 rings (SSSR count). The van der Waals surface area contributed by atoms with Gasteiger partial charge in [-0.25, -0.2) is 8.78 Å². The van der Waals surface area contributed by atoms with E-state index in [1.165, 1.54) is 29.5 Å². The highest BCUT2D eigenvalue weighted by atomic mass is 79.9. The van der Waals surface area contributed by atoms with Gasteiger partial charge in [0.1, 0.15) is 11.6 Å². The van der Waals surface area contributed by atoms with Crippen LogP contribution in [-0.2, 0) is 6.42 Å². The lowest BCUT2D eigenvalue weighted by atomic mass is 10.0. The van der Waals surface area contributed by atoms with Gasteiger partial charge < -0.3 is 5.73 Å². The minimum absolute atomic E-state index is 0.0330. The second-order valence-corrected chi connectivity index (χ2v) is 7.04. The first kappa shape index (κ1) is 14.1. The fraction of sp³-hybridized carbons (Fsp3) is 0.167. The highest BCUT2D eigenvalue weighted by molar-refractivity contribution is 9.13. The van der Waals surface area contributed by atoms with Crippen molar-refractivity contribution in [3.8, 4) is 0 Å². The molecule has 1 aromatic carbocycles. The molecule has 0 spiro atoms. The van der Waals surface area contributed by atoms with Crippen molar-refractivity contribution in [2.24, 2.45) is 5.73 Å². The Balaban J connectivity index is 2.23. The Hall–Kier alpha value is -0.300. The van der Waals surface area contributed by atoms with E-state index in [1.54, 1.807) is 0 Å². The monoisotopic (exact) mass is 395 g/mol. The third kappa shape index (κ3) is 2.99. The van der Waals surface area contributed by atoms with Crippen LogP contribution >= 0.6 is 43.2 Å². The average molecular weight is 397 g/mol. The molecule has 1 unspecified atom stereocenters. The topological polar surface area (TPSA) is 26.0 Å². The van der Waals surface area contributed by atoms with Gasteiger partial charge in [-0.15, -0.1) is 11.3 Å². The molecule has 0 saturated heterocycles. The van der Waals surface area contributed by atoms with E-state index in [0.29, 0.717) is 0 Å². The van der Waals surface area contributed by atoms with Crippen molar-refractivity contribution in [3.63, 3.8) is 0 Å². The molecule has 0 bridgehead atoms. The Morgan fingerprint density at radius 1 is 1.22 bits per heavy atom. The summed E-state index contributed by atoms with van der Waals surface area (Å²) < 4.78 is 28.8. The van der Waals surface area contributed by atoms with Crippen molar-refractivity contribution in [3.05, 3.63) is 54.6 Å². The van der Waals surface area contributed by atoms with E-state index in [-0.39, 0.29) is 12.0 Å². The van der Waals surface area contributed by atoms with Gasteiger partial charge in [-0.2, -0.15) is 0 Å². The van der Waals surface area contributed by atoms with Crippen LogP contribution in [0, 0.1) is 11.6 Å². The van der Waals surface area contributed by atoms with E-state index >= 15 is 0 Å². The van der Waals surface area contributed by atoms with Crippen molar-refractivity contribution in [1.29, 1.82) is 0 Å². The lowest BCUT2D eigenvalue weighted by molar-refractivity contribution is 0.541. The van der Waals surface area contributed by atoms with Gasteiger partial charge >= 0.3 is 0 Å². The summed E-state index contributed by atoms with van der Waals surface area (Å²) in [6.07, 6.45) is 0.137. The number of hydrogen-bond acceptors (Lipinski definition) is 2. The molecule has 0 aliphatic carbocycles. The normalized spacial score (nSPS) is 12.7. The van der Waals surface area contributed by atoms with Gasteiger partial charge in [0.05, 0.1) is 3.79 Å². The van der Waals surface area contributed by atoms with Crippen LogP contribution in [0.1, 0.15) is 16.5 Å². The molecule has 6 heteroatoms. The molecule has 0 aliphatic heterocycles. The molecular formula is C12H9Br2F2NS. The van der Waals surface area contributed by atoms with Crippen molar-refractivity contribution < 1.29 is 8.78 Å². The van der Waals surface area contributed by atoms with Gasteiger partial charge in [0, 0.05) is 21.0 Å². The second-order valence-electron chi connectivity index (χ2n) is 3.78. The van der Waals surface area contributed by atoms with Crippen molar-refractivity contribution in [1.82, 2.24) is 0 Å². The molecule has 0 radical (unpaired) electrons. The summed E-state index contributed by atoms with van der Waals surface area (Å²) in [6, 6.07) is 5.26. The summed E-state index contributed by atoms with van der Waals surface area (Å²) in [5.41, 5.74) is 6.02. The summed E-state index contributed by atoms with van der Waals surface area (Å²) >= 11 is 8.18. The summed E-state index contributed by atoms with van der Waals surface area (Å²) in [5, 5.41) is 0. The minimum atomic E-state index is -0.555. The first-order chi connectivity index (χ1) is 8.49. The Kier molecular flexibility index (Phi) is 4.53. The third-order valence-electron chi connectivity index (χ3n) is 2.52. The summed E-state index contributed by atoms with van der Waals surface area (Å²) in [7, 11) is 0. The van der Waals surface area contributed by atoms with Crippen LogP contribution in [0.5, 0.6) is 0 Å². The largest absolute Gasteiger partial charge is 0.323 e. The minimum Gasteiger partial charge on any atom is -0.323 e. The summed E-state index contributed by atoms with van der Waals surface area (Å²) in [4.78, 5) is 0.872. The molecule has 96 valence electrons. The SMILES string of the molecule is NC(Cc1c(F)cccc1F)c1cc(Br)c(Br)s1. The Bertz CT molecular complexity index is 531. The maximum atomic E-state index is 13.5. The van der Waals surface area contributed by atoms with E-state index in [2.05, 4.69) is 31.9 Å². The number of thiophene rings is 1. The number of halogens is 4. The molecule has 18 heavy (non-hydrogen) atoms. The lowest BCUT2D eigenvalue weighted by Gasteiger charge is -2.11. The average Bonchev–Trinajstić information content (AvgIpc) is 2.64. The van der Waals surface area contributed by atoms with Gasteiger partial charge in [-0.05, 0) is 56.5 Å². The number of nitrogens with two attached hydrogens (primary N) is 1. The highest BCUT2D eigenvalue weighted by Crippen LogP contribution is 2.36. The zero-order valence-corrected chi connectivity index (χ0v) is 13.1. The predicted molar refractivity (Wildman–Crippen MR) is 76.7 cm³/mol. The standard InChI is InChI=1S/C12H9Br2F2NS/c13-7-5-11(18-12(7)14)10(17)4-6-8(15)2-1-3-9(6)16/h1-3,5,10H,4,17H2. The Morgan fingerprint density at radius 3 is 2.33 bits per heavy atom. The zero-order chi connectivity index (χ0) is 13.3. The summed E-state index contributed by atoms with van der Waals surface area (Å²) in [6.45, 7) is 0. The smallest absolute Gasteiger partial charge is 0.129 e. The highest BCUT2D eigenvalue weighted by Gasteiger charge is 2.17. The first-order valence-electron chi connectivity index (χ1n) is 5.12. The van der Waals surface area contributed by atoms with E-state index in [4.69, 9.17) is 5.73 Å². The molecule has 0 fully saturated rings. The summed E-state index contributed by atoms with van der Waals surface area (Å²) in [5.74, 6) is -1.11. The van der Waals surface area contributed by atoms with Gasteiger partial charge in [0.25, 0.3) is 0 Å². The van der Waals surface area contributed by atoms with Crippen molar-refractivity contribution in [2.45, 2.75) is 12.5 Å². The molecular weight excluding hydrogens is 388 g/mol. The van der Waals surface area contributed by atoms with E-state index < -0.39 is 17.7 Å².